The average Bonchev–Trinajstić information content (AvgIpc) is 3.16. The monoisotopic (exact) mass is 498 g/mol. The molecule has 0 aromatic heterocycles. The molecule has 36 heavy (non-hydrogen) atoms. The molecule has 4 aliphatic rings. The molecule has 3 nitrogen and oxygen atoms in total. The van der Waals surface area contributed by atoms with Gasteiger partial charge in [-0.3, -0.25) is 4.79 Å². The van der Waals surface area contributed by atoms with E-state index >= 15 is 0 Å². The number of carbonyl (C=O) groups is 2. The van der Waals surface area contributed by atoms with Gasteiger partial charge < -0.3 is 9.53 Å². The second-order valence-corrected chi connectivity index (χ2v) is 14.5. The maximum Gasteiger partial charge on any atom is 0.306 e. The maximum absolute atomic E-state index is 12.3. The van der Waals surface area contributed by atoms with Gasteiger partial charge in [-0.1, -0.05) is 72.5 Å². The standard InChI is InChI=1S/C33H54O3/c1-22(2)9-8-10-23(3)27-12-13-28-32(27,6)20-17-29-31(5)19-16-26(36-30(35)14-11-24(4)34)21-25(31)15-18-33(28,29)7/h15,22-23,26-29H,8-14,16-21H2,1-7H3/t23-,26+,27-,28-,29-,31+,32-,33+/m1/s1. The Morgan fingerprint density at radius 2 is 1.69 bits per heavy atom. The van der Waals surface area contributed by atoms with E-state index in [1.165, 1.54) is 51.4 Å². The molecule has 3 saturated carbocycles. The van der Waals surface area contributed by atoms with E-state index < -0.39 is 0 Å². The van der Waals surface area contributed by atoms with Crippen LogP contribution in [0.2, 0.25) is 0 Å². The molecule has 204 valence electrons. The third-order valence-corrected chi connectivity index (χ3v) is 11.8. The minimum atomic E-state index is -0.201. The highest BCUT2D eigenvalue weighted by Crippen LogP contribution is 2.72. The lowest BCUT2D eigenvalue weighted by molar-refractivity contribution is -0.154. The van der Waals surface area contributed by atoms with E-state index in [0.717, 1.165) is 48.9 Å². The number of carbonyl (C=O) groups excluding carboxylic acids is 2. The fourth-order valence-electron chi connectivity index (χ4n) is 9.93. The largest absolute Gasteiger partial charge is 0.462 e. The summed E-state index contributed by atoms with van der Waals surface area (Å²) in [6.45, 7) is 16.7. The average molecular weight is 499 g/mol. The molecule has 0 aliphatic heterocycles. The summed E-state index contributed by atoms with van der Waals surface area (Å²) >= 11 is 0. The summed E-state index contributed by atoms with van der Waals surface area (Å²) in [6.07, 6.45) is 17.0. The first-order valence-electron chi connectivity index (χ1n) is 15.3. The van der Waals surface area contributed by atoms with Gasteiger partial charge in [0.25, 0.3) is 0 Å². The van der Waals surface area contributed by atoms with Crippen molar-refractivity contribution in [3.05, 3.63) is 11.6 Å². The molecular formula is C33H54O3. The van der Waals surface area contributed by atoms with E-state index in [-0.39, 0.29) is 29.7 Å². The van der Waals surface area contributed by atoms with Crippen LogP contribution in [-0.2, 0) is 14.3 Å². The highest BCUT2D eigenvalue weighted by molar-refractivity contribution is 5.81. The summed E-state index contributed by atoms with van der Waals surface area (Å²) in [4.78, 5) is 23.5. The smallest absolute Gasteiger partial charge is 0.306 e. The fourth-order valence-corrected chi connectivity index (χ4v) is 9.93. The van der Waals surface area contributed by atoms with Crippen molar-refractivity contribution in [2.24, 2.45) is 45.8 Å². The van der Waals surface area contributed by atoms with E-state index in [2.05, 4.69) is 47.6 Å². The van der Waals surface area contributed by atoms with Crippen molar-refractivity contribution in [3.63, 3.8) is 0 Å². The summed E-state index contributed by atoms with van der Waals surface area (Å²) in [7, 11) is 0. The zero-order chi connectivity index (χ0) is 26.3. The summed E-state index contributed by atoms with van der Waals surface area (Å²) in [5, 5.41) is 0. The topological polar surface area (TPSA) is 43.4 Å². The van der Waals surface area contributed by atoms with Crippen LogP contribution in [0.4, 0.5) is 0 Å². The minimum Gasteiger partial charge on any atom is -0.462 e. The minimum absolute atomic E-state index is 0.00968. The molecule has 3 heteroatoms. The van der Waals surface area contributed by atoms with Crippen LogP contribution >= 0.6 is 0 Å². The van der Waals surface area contributed by atoms with Crippen LogP contribution in [0.15, 0.2) is 11.6 Å². The zero-order valence-corrected chi connectivity index (χ0v) is 24.5. The van der Waals surface area contributed by atoms with Crippen molar-refractivity contribution in [3.8, 4) is 0 Å². The van der Waals surface area contributed by atoms with Gasteiger partial charge in [0.15, 0.2) is 0 Å². The van der Waals surface area contributed by atoms with Crippen molar-refractivity contribution in [2.75, 3.05) is 0 Å². The predicted octanol–water partition coefficient (Wildman–Crippen LogP) is 8.70. The number of ketones is 1. The van der Waals surface area contributed by atoms with Gasteiger partial charge in [0.1, 0.15) is 11.9 Å². The van der Waals surface area contributed by atoms with Gasteiger partial charge in [0.05, 0.1) is 6.42 Å². The first kappa shape index (κ1) is 27.9. The Labute approximate surface area is 221 Å². The van der Waals surface area contributed by atoms with Crippen LogP contribution < -0.4 is 0 Å². The van der Waals surface area contributed by atoms with E-state index in [0.29, 0.717) is 17.3 Å². The lowest BCUT2D eigenvalue weighted by Crippen LogP contribution is -2.56. The second kappa shape index (κ2) is 10.6. The maximum atomic E-state index is 12.3. The molecule has 0 unspecified atom stereocenters. The number of Topliss-reactive ketones (excluding diaryl/α,β-unsaturated/α-hetero) is 1. The van der Waals surface area contributed by atoms with Crippen molar-refractivity contribution < 1.29 is 14.3 Å². The predicted molar refractivity (Wildman–Crippen MR) is 147 cm³/mol. The Morgan fingerprint density at radius 1 is 0.944 bits per heavy atom. The van der Waals surface area contributed by atoms with Gasteiger partial charge in [0.2, 0.25) is 0 Å². The fraction of sp³-hybridized carbons (Fsp3) is 0.879. The molecule has 0 bridgehead atoms. The molecule has 0 aromatic rings. The van der Waals surface area contributed by atoms with Gasteiger partial charge in [-0.15, -0.1) is 0 Å². The van der Waals surface area contributed by atoms with Crippen LogP contribution in [0.5, 0.6) is 0 Å². The summed E-state index contributed by atoms with van der Waals surface area (Å²) < 4.78 is 5.84. The normalized spacial score (nSPS) is 40.6. The number of ether oxygens (including phenoxy) is 1. The van der Waals surface area contributed by atoms with Gasteiger partial charge in [-0.05, 0) is 97.7 Å². The number of hydrogen-bond donors (Lipinski definition) is 0. The molecule has 0 radical (unpaired) electrons. The number of allylic oxidation sites excluding steroid dienone is 1. The van der Waals surface area contributed by atoms with Crippen LogP contribution in [0.1, 0.15) is 132 Å². The SMILES string of the molecule is CC(=O)CCC(=O)O[C@H]1CC[C@@]2(C)C(=CC[C@@]3(C)[C@@H]4CC[C@H]([C@H](C)CCCC(C)C)[C@@]4(C)CC[C@@H]32)C1. The molecule has 0 amide bonds. The molecule has 0 spiro atoms. The molecule has 0 N–H and O–H groups in total. The van der Waals surface area contributed by atoms with Crippen LogP contribution in [-0.4, -0.2) is 17.9 Å². The quantitative estimate of drug-likeness (QED) is 0.236. The summed E-state index contributed by atoms with van der Waals surface area (Å²) in [5.41, 5.74) is 2.69. The second-order valence-electron chi connectivity index (χ2n) is 14.5. The van der Waals surface area contributed by atoms with E-state index in [1.54, 1.807) is 12.5 Å². The first-order valence-corrected chi connectivity index (χ1v) is 15.3. The number of fused-ring (bicyclic) bond motifs is 5. The van der Waals surface area contributed by atoms with Gasteiger partial charge in [-0.25, -0.2) is 0 Å². The Balaban J connectivity index is 1.45. The Morgan fingerprint density at radius 3 is 2.39 bits per heavy atom. The molecule has 4 aliphatic carbocycles. The number of hydrogen-bond acceptors (Lipinski definition) is 3. The molecule has 0 heterocycles. The number of rotatable bonds is 9. The van der Waals surface area contributed by atoms with Crippen LogP contribution in [0.25, 0.3) is 0 Å². The summed E-state index contributed by atoms with van der Waals surface area (Å²) in [5.74, 6) is 3.98. The molecule has 3 fully saturated rings. The Hall–Kier alpha value is -1.12. The van der Waals surface area contributed by atoms with Gasteiger partial charge >= 0.3 is 5.97 Å². The van der Waals surface area contributed by atoms with Gasteiger partial charge in [0, 0.05) is 12.8 Å². The lowest BCUT2D eigenvalue weighted by atomic mass is 9.41. The van der Waals surface area contributed by atoms with Crippen molar-refractivity contribution in [1.82, 2.24) is 0 Å². The molecule has 8 atom stereocenters. The van der Waals surface area contributed by atoms with Gasteiger partial charge in [-0.2, -0.15) is 0 Å². The van der Waals surface area contributed by atoms with Crippen LogP contribution in [0.3, 0.4) is 0 Å². The molecule has 4 rings (SSSR count). The summed E-state index contributed by atoms with van der Waals surface area (Å²) in [6, 6.07) is 0. The Kier molecular flexibility index (Phi) is 8.19. The zero-order valence-electron chi connectivity index (χ0n) is 24.5. The van der Waals surface area contributed by atoms with Crippen LogP contribution in [0, 0.1) is 45.8 Å². The lowest BCUT2D eigenvalue weighted by Gasteiger charge is -2.63. The third-order valence-electron chi connectivity index (χ3n) is 11.8. The third kappa shape index (κ3) is 5.11. The van der Waals surface area contributed by atoms with E-state index in [9.17, 15) is 9.59 Å². The highest BCUT2D eigenvalue weighted by atomic mass is 16.5. The van der Waals surface area contributed by atoms with E-state index in [1.807, 2.05) is 0 Å². The van der Waals surface area contributed by atoms with Crippen molar-refractivity contribution >= 4 is 11.8 Å². The Bertz CT molecular complexity index is 857. The molecule has 0 saturated heterocycles. The van der Waals surface area contributed by atoms with E-state index in [4.69, 9.17) is 4.74 Å². The van der Waals surface area contributed by atoms with Crippen molar-refractivity contribution in [1.29, 1.82) is 0 Å². The highest BCUT2D eigenvalue weighted by Gasteiger charge is 2.64. The number of esters is 1. The molecule has 0 aromatic carbocycles. The first-order chi connectivity index (χ1) is 16.9. The van der Waals surface area contributed by atoms with Crippen molar-refractivity contribution in [2.45, 2.75) is 138 Å². The molecular weight excluding hydrogens is 444 g/mol.